The van der Waals surface area contributed by atoms with Crippen molar-refractivity contribution >= 4 is 11.6 Å². The number of hydrogen-bond donors (Lipinski definition) is 0. The van der Waals surface area contributed by atoms with Gasteiger partial charge >= 0.3 is 0 Å². The smallest absolute Gasteiger partial charge is 0.129 e. The fourth-order valence-corrected chi connectivity index (χ4v) is 2.48. The molecule has 0 aromatic carbocycles. The maximum absolute atomic E-state index is 5.78. The van der Waals surface area contributed by atoms with E-state index in [0.29, 0.717) is 5.15 Å². The van der Waals surface area contributed by atoms with Crippen molar-refractivity contribution in [2.45, 2.75) is 31.9 Å². The molecule has 0 aliphatic carbocycles. The Hall–Kier alpha value is -0.640. The van der Waals surface area contributed by atoms with Crippen molar-refractivity contribution < 1.29 is 4.74 Å². The van der Waals surface area contributed by atoms with Gasteiger partial charge in [-0.15, -0.1) is 0 Å². The van der Waals surface area contributed by atoms with Crippen LogP contribution < -0.4 is 0 Å². The largest absolute Gasteiger partial charge is 0.377 e. The maximum Gasteiger partial charge on any atom is 0.129 e. The number of likely N-dealkylation sites (tertiary alicyclic amines) is 1. The van der Waals surface area contributed by atoms with Gasteiger partial charge in [0.05, 0.1) is 5.60 Å². The molecule has 1 aromatic rings. The summed E-state index contributed by atoms with van der Waals surface area (Å²) in [6, 6.07) is 3.88. The molecule has 2 heterocycles. The van der Waals surface area contributed by atoms with E-state index in [1.165, 1.54) is 12.0 Å². The Labute approximate surface area is 108 Å². The highest BCUT2D eigenvalue weighted by Gasteiger charge is 2.30. The van der Waals surface area contributed by atoms with Crippen molar-refractivity contribution in [2.75, 3.05) is 20.2 Å². The first-order valence-electron chi connectivity index (χ1n) is 5.99. The Morgan fingerprint density at radius 3 is 3.00 bits per heavy atom. The molecule has 0 N–H and O–H groups in total. The minimum absolute atomic E-state index is 0.00188. The van der Waals surface area contributed by atoms with Gasteiger partial charge in [0.15, 0.2) is 0 Å². The summed E-state index contributed by atoms with van der Waals surface area (Å²) in [6.07, 6.45) is 4.17. The average Bonchev–Trinajstić information content (AvgIpc) is 2.32. The lowest BCUT2D eigenvalue weighted by Gasteiger charge is -2.39. The first kappa shape index (κ1) is 12.8. The monoisotopic (exact) mass is 254 g/mol. The van der Waals surface area contributed by atoms with Crippen molar-refractivity contribution in [3.63, 3.8) is 0 Å². The second kappa shape index (κ2) is 5.34. The molecule has 0 radical (unpaired) electrons. The second-order valence-corrected chi connectivity index (χ2v) is 5.34. The van der Waals surface area contributed by atoms with Crippen LogP contribution in [-0.2, 0) is 11.3 Å². The summed E-state index contributed by atoms with van der Waals surface area (Å²) in [5, 5.41) is 0.550. The molecule has 0 saturated carbocycles. The molecule has 1 saturated heterocycles. The summed E-state index contributed by atoms with van der Waals surface area (Å²) in [7, 11) is 1.80. The van der Waals surface area contributed by atoms with Crippen LogP contribution in [0.15, 0.2) is 18.3 Å². The van der Waals surface area contributed by atoms with Gasteiger partial charge in [0.25, 0.3) is 0 Å². The second-order valence-electron chi connectivity index (χ2n) is 4.96. The summed E-state index contributed by atoms with van der Waals surface area (Å²) in [6.45, 7) is 5.20. The molecule has 0 amide bonds. The van der Waals surface area contributed by atoms with Gasteiger partial charge in [0.1, 0.15) is 5.15 Å². The van der Waals surface area contributed by atoms with Crippen molar-refractivity contribution in [3.8, 4) is 0 Å². The van der Waals surface area contributed by atoms with Crippen LogP contribution in [0.4, 0.5) is 0 Å². The molecule has 3 nitrogen and oxygen atoms in total. The predicted molar refractivity (Wildman–Crippen MR) is 69.2 cm³/mol. The van der Waals surface area contributed by atoms with Crippen molar-refractivity contribution in [1.82, 2.24) is 9.88 Å². The van der Waals surface area contributed by atoms with Gasteiger partial charge in [-0.3, -0.25) is 4.90 Å². The average molecular weight is 255 g/mol. The summed E-state index contributed by atoms with van der Waals surface area (Å²) >= 11 is 5.78. The zero-order chi connectivity index (χ0) is 12.3. The van der Waals surface area contributed by atoms with E-state index in [0.717, 1.165) is 26.1 Å². The third kappa shape index (κ3) is 3.41. The topological polar surface area (TPSA) is 25.4 Å². The lowest BCUT2D eigenvalue weighted by Crippen LogP contribution is -2.46. The number of pyridine rings is 1. The molecule has 1 unspecified atom stereocenters. The van der Waals surface area contributed by atoms with Crippen molar-refractivity contribution in [1.29, 1.82) is 0 Å². The quantitative estimate of drug-likeness (QED) is 0.776. The Bertz CT molecular complexity index is 368. The van der Waals surface area contributed by atoms with E-state index in [9.17, 15) is 0 Å². The number of ether oxygens (including phenoxy) is 1. The van der Waals surface area contributed by atoms with Gasteiger partial charge in [-0.1, -0.05) is 17.7 Å². The third-order valence-corrected chi connectivity index (χ3v) is 3.65. The Morgan fingerprint density at radius 1 is 1.53 bits per heavy atom. The Kier molecular flexibility index (Phi) is 4.02. The number of piperidine rings is 1. The van der Waals surface area contributed by atoms with Crippen LogP contribution >= 0.6 is 11.6 Å². The molecule has 0 spiro atoms. The Morgan fingerprint density at radius 2 is 2.35 bits per heavy atom. The van der Waals surface area contributed by atoms with Gasteiger partial charge in [-0.05, 0) is 37.9 Å². The highest BCUT2D eigenvalue weighted by atomic mass is 35.5. The maximum atomic E-state index is 5.78. The molecule has 94 valence electrons. The molecule has 1 aliphatic heterocycles. The number of hydrogen-bond acceptors (Lipinski definition) is 3. The summed E-state index contributed by atoms with van der Waals surface area (Å²) < 4.78 is 5.59. The minimum Gasteiger partial charge on any atom is -0.377 e. The number of methoxy groups -OCH3 is 1. The summed E-state index contributed by atoms with van der Waals surface area (Å²) in [4.78, 5) is 6.52. The van der Waals surface area contributed by atoms with Crippen molar-refractivity contribution in [3.05, 3.63) is 29.0 Å². The first-order chi connectivity index (χ1) is 8.11. The van der Waals surface area contributed by atoms with Crippen LogP contribution in [0.5, 0.6) is 0 Å². The number of aromatic nitrogens is 1. The van der Waals surface area contributed by atoms with Crippen LogP contribution in [0.2, 0.25) is 5.15 Å². The number of halogens is 1. The molecule has 4 heteroatoms. The summed E-state index contributed by atoms with van der Waals surface area (Å²) in [5.74, 6) is 0. The standard InChI is InChI=1S/C13H19ClN2O/c1-13(17-2)6-3-7-16(10-13)9-11-4-5-12(14)15-8-11/h4-5,8H,3,6-7,9-10H2,1-2H3. The van der Waals surface area contributed by atoms with Crippen LogP contribution in [0.1, 0.15) is 25.3 Å². The highest BCUT2D eigenvalue weighted by molar-refractivity contribution is 6.29. The molecule has 0 bridgehead atoms. The third-order valence-electron chi connectivity index (χ3n) is 3.43. The van der Waals surface area contributed by atoms with Gasteiger partial charge in [0.2, 0.25) is 0 Å². The molecule has 2 rings (SSSR count). The van der Waals surface area contributed by atoms with Crippen LogP contribution in [-0.4, -0.2) is 35.7 Å². The molecule has 17 heavy (non-hydrogen) atoms. The normalized spacial score (nSPS) is 26.1. The predicted octanol–water partition coefficient (Wildman–Crippen LogP) is 2.74. The number of nitrogens with zero attached hydrogens (tertiary/aromatic N) is 2. The van der Waals surface area contributed by atoms with Gasteiger partial charge in [-0.2, -0.15) is 0 Å². The zero-order valence-corrected chi connectivity index (χ0v) is 11.2. The summed E-state index contributed by atoms with van der Waals surface area (Å²) in [5.41, 5.74) is 1.20. The van der Waals surface area contributed by atoms with E-state index in [1.54, 1.807) is 7.11 Å². The van der Waals surface area contributed by atoms with E-state index in [2.05, 4.69) is 16.8 Å². The Balaban J connectivity index is 1.97. The van der Waals surface area contributed by atoms with Gasteiger partial charge in [-0.25, -0.2) is 4.98 Å². The van der Waals surface area contributed by atoms with Crippen LogP contribution in [0.3, 0.4) is 0 Å². The highest BCUT2D eigenvalue weighted by Crippen LogP contribution is 2.24. The molecular formula is C13H19ClN2O. The van der Waals surface area contributed by atoms with Gasteiger partial charge in [0, 0.05) is 26.4 Å². The SMILES string of the molecule is COC1(C)CCCN(Cc2ccc(Cl)nc2)C1. The fraction of sp³-hybridized carbons (Fsp3) is 0.615. The van der Waals surface area contributed by atoms with E-state index < -0.39 is 0 Å². The van der Waals surface area contributed by atoms with E-state index in [-0.39, 0.29) is 5.60 Å². The lowest BCUT2D eigenvalue weighted by molar-refractivity contribution is -0.0527. The minimum atomic E-state index is -0.00188. The van der Waals surface area contributed by atoms with E-state index >= 15 is 0 Å². The fourth-order valence-electron chi connectivity index (χ4n) is 2.37. The van der Waals surface area contributed by atoms with E-state index in [4.69, 9.17) is 16.3 Å². The lowest BCUT2D eigenvalue weighted by atomic mass is 9.94. The number of rotatable bonds is 3. The molecular weight excluding hydrogens is 236 g/mol. The first-order valence-corrected chi connectivity index (χ1v) is 6.37. The van der Waals surface area contributed by atoms with E-state index in [1.807, 2.05) is 18.3 Å². The zero-order valence-electron chi connectivity index (χ0n) is 10.4. The molecule has 1 fully saturated rings. The molecule has 1 atom stereocenters. The van der Waals surface area contributed by atoms with Crippen molar-refractivity contribution in [2.24, 2.45) is 0 Å². The van der Waals surface area contributed by atoms with Gasteiger partial charge < -0.3 is 4.74 Å². The van der Waals surface area contributed by atoms with Crippen LogP contribution in [0.25, 0.3) is 0 Å². The molecule has 1 aromatic heterocycles. The van der Waals surface area contributed by atoms with Crippen LogP contribution in [0, 0.1) is 0 Å². The molecule has 1 aliphatic rings.